The highest BCUT2D eigenvalue weighted by molar-refractivity contribution is 5.75. The van der Waals surface area contributed by atoms with E-state index in [4.69, 9.17) is 4.74 Å². The molecule has 3 N–H and O–H groups in total. The lowest BCUT2D eigenvalue weighted by molar-refractivity contribution is 0.0250. The number of hydrogen-bond donors (Lipinski definition) is 3. The predicted molar refractivity (Wildman–Crippen MR) is 65.9 cm³/mol. The topological polar surface area (TPSA) is 70.6 Å². The molecule has 0 bridgehead atoms. The van der Waals surface area contributed by atoms with Gasteiger partial charge >= 0.3 is 6.03 Å². The number of ether oxygens (including phenoxy) is 1. The average Bonchev–Trinajstić information content (AvgIpc) is 2.76. The van der Waals surface area contributed by atoms with Gasteiger partial charge < -0.3 is 20.5 Å². The van der Waals surface area contributed by atoms with Crippen LogP contribution in [0.4, 0.5) is 4.79 Å². The fourth-order valence-electron chi connectivity index (χ4n) is 2.02. The largest absolute Gasteiger partial charge is 0.394 e. The highest BCUT2D eigenvalue weighted by atomic mass is 16.5. The van der Waals surface area contributed by atoms with Crippen LogP contribution in [-0.2, 0) is 4.74 Å². The number of nitrogens with one attached hydrogen (secondary N) is 2. The van der Waals surface area contributed by atoms with Crippen molar-refractivity contribution in [1.29, 1.82) is 0 Å². The first-order chi connectivity index (χ1) is 7.93. The molecule has 0 aromatic heterocycles. The van der Waals surface area contributed by atoms with E-state index in [1.165, 1.54) is 0 Å². The summed E-state index contributed by atoms with van der Waals surface area (Å²) in [6.45, 7) is 4.26. The average molecular weight is 244 g/mol. The molecule has 0 aromatic rings. The maximum atomic E-state index is 11.7. The lowest BCUT2D eigenvalue weighted by atomic mass is 9.99. The molecular weight excluding hydrogens is 220 g/mol. The Labute approximate surface area is 103 Å². The standard InChI is InChI=1S/C12H24N2O3/c1-11(2,17-3)8-13-10(16)14-12(9-15)6-4-5-7-12/h15H,4-9H2,1-3H3,(H2,13,14,16). The Hall–Kier alpha value is -0.810. The molecule has 5 nitrogen and oxygen atoms in total. The van der Waals surface area contributed by atoms with Crippen molar-refractivity contribution in [2.24, 2.45) is 0 Å². The van der Waals surface area contributed by atoms with E-state index < -0.39 is 5.54 Å². The summed E-state index contributed by atoms with van der Waals surface area (Å²) in [5, 5.41) is 15.0. The number of carbonyl (C=O) groups excluding carboxylic acids is 1. The van der Waals surface area contributed by atoms with Crippen LogP contribution in [0, 0.1) is 0 Å². The molecule has 0 radical (unpaired) electrons. The van der Waals surface area contributed by atoms with Crippen molar-refractivity contribution < 1.29 is 14.6 Å². The Bertz CT molecular complexity index is 260. The Balaban J connectivity index is 2.38. The van der Waals surface area contributed by atoms with E-state index in [0.29, 0.717) is 6.54 Å². The van der Waals surface area contributed by atoms with Gasteiger partial charge in [-0.2, -0.15) is 0 Å². The van der Waals surface area contributed by atoms with E-state index in [0.717, 1.165) is 25.7 Å². The van der Waals surface area contributed by atoms with Crippen LogP contribution in [0.2, 0.25) is 0 Å². The summed E-state index contributed by atoms with van der Waals surface area (Å²) >= 11 is 0. The molecule has 5 heteroatoms. The van der Waals surface area contributed by atoms with Gasteiger partial charge in [0.1, 0.15) is 0 Å². The lowest BCUT2D eigenvalue weighted by Crippen LogP contribution is -2.54. The molecule has 100 valence electrons. The molecule has 1 fully saturated rings. The smallest absolute Gasteiger partial charge is 0.315 e. The minimum atomic E-state index is -0.415. The molecule has 0 aromatic carbocycles. The molecule has 0 unspecified atom stereocenters. The van der Waals surface area contributed by atoms with Crippen LogP contribution in [0.1, 0.15) is 39.5 Å². The zero-order chi connectivity index (χ0) is 12.9. The minimum Gasteiger partial charge on any atom is -0.394 e. The molecule has 0 heterocycles. The monoisotopic (exact) mass is 244 g/mol. The van der Waals surface area contributed by atoms with Crippen LogP contribution in [0.5, 0.6) is 0 Å². The van der Waals surface area contributed by atoms with Crippen LogP contribution in [0.15, 0.2) is 0 Å². The summed E-state index contributed by atoms with van der Waals surface area (Å²) in [5.41, 5.74) is -0.791. The molecule has 1 saturated carbocycles. The van der Waals surface area contributed by atoms with Gasteiger partial charge in [-0.15, -0.1) is 0 Å². The highest BCUT2D eigenvalue weighted by Gasteiger charge is 2.34. The molecular formula is C12H24N2O3. The van der Waals surface area contributed by atoms with Crippen molar-refractivity contribution in [3.63, 3.8) is 0 Å². The first-order valence-electron chi connectivity index (χ1n) is 6.15. The quantitative estimate of drug-likeness (QED) is 0.676. The third-order valence-electron chi connectivity index (χ3n) is 3.47. The summed E-state index contributed by atoms with van der Waals surface area (Å²) < 4.78 is 5.22. The van der Waals surface area contributed by atoms with Crippen molar-refractivity contribution in [2.75, 3.05) is 20.3 Å². The zero-order valence-electron chi connectivity index (χ0n) is 11.0. The molecule has 0 aliphatic heterocycles. The van der Waals surface area contributed by atoms with E-state index in [1.807, 2.05) is 13.8 Å². The van der Waals surface area contributed by atoms with Gasteiger partial charge in [-0.05, 0) is 26.7 Å². The number of amides is 2. The molecule has 0 saturated heterocycles. The first-order valence-corrected chi connectivity index (χ1v) is 6.15. The van der Waals surface area contributed by atoms with E-state index in [9.17, 15) is 9.90 Å². The number of methoxy groups -OCH3 is 1. The summed E-state index contributed by atoms with van der Waals surface area (Å²) in [6.07, 6.45) is 3.82. The summed E-state index contributed by atoms with van der Waals surface area (Å²) in [7, 11) is 1.62. The zero-order valence-corrected chi connectivity index (χ0v) is 11.0. The van der Waals surface area contributed by atoms with Crippen molar-refractivity contribution in [1.82, 2.24) is 10.6 Å². The van der Waals surface area contributed by atoms with Crippen molar-refractivity contribution in [3.8, 4) is 0 Å². The van der Waals surface area contributed by atoms with Crippen LogP contribution < -0.4 is 10.6 Å². The lowest BCUT2D eigenvalue weighted by Gasteiger charge is -2.29. The Morgan fingerprint density at radius 3 is 2.47 bits per heavy atom. The molecule has 0 atom stereocenters. The van der Waals surface area contributed by atoms with Gasteiger partial charge in [0.25, 0.3) is 0 Å². The Morgan fingerprint density at radius 1 is 1.41 bits per heavy atom. The second-order valence-corrected chi connectivity index (χ2v) is 5.42. The number of aliphatic hydroxyl groups excluding tert-OH is 1. The van der Waals surface area contributed by atoms with E-state index in [1.54, 1.807) is 7.11 Å². The van der Waals surface area contributed by atoms with Gasteiger partial charge in [0, 0.05) is 13.7 Å². The first kappa shape index (κ1) is 14.3. The highest BCUT2D eigenvalue weighted by Crippen LogP contribution is 2.28. The van der Waals surface area contributed by atoms with Crippen LogP contribution in [0.3, 0.4) is 0 Å². The van der Waals surface area contributed by atoms with Crippen molar-refractivity contribution >= 4 is 6.03 Å². The van der Waals surface area contributed by atoms with Crippen molar-refractivity contribution in [3.05, 3.63) is 0 Å². The van der Waals surface area contributed by atoms with Gasteiger partial charge in [0.15, 0.2) is 0 Å². The van der Waals surface area contributed by atoms with Crippen LogP contribution in [0.25, 0.3) is 0 Å². The normalized spacial score (nSPS) is 19.1. The van der Waals surface area contributed by atoms with Crippen LogP contribution >= 0.6 is 0 Å². The van der Waals surface area contributed by atoms with E-state index >= 15 is 0 Å². The third kappa shape index (κ3) is 4.16. The maximum absolute atomic E-state index is 11.7. The van der Waals surface area contributed by atoms with Gasteiger partial charge in [-0.3, -0.25) is 0 Å². The third-order valence-corrected chi connectivity index (χ3v) is 3.47. The molecule has 0 spiro atoms. The van der Waals surface area contributed by atoms with Crippen molar-refractivity contribution in [2.45, 2.75) is 50.7 Å². The number of aliphatic hydroxyl groups is 1. The SMILES string of the molecule is COC(C)(C)CNC(=O)NC1(CO)CCCC1. The van der Waals surface area contributed by atoms with Gasteiger partial charge in [-0.1, -0.05) is 12.8 Å². The summed E-state index contributed by atoms with van der Waals surface area (Å²) in [5.74, 6) is 0. The number of urea groups is 1. The minimum absolute atomic E-state index is 0.00803. The summed E-state index contributed by atoms with van der Waals surface area (Å²) in [6, 6.07) is -0.230. The molecule has 17 heavy (non-hydrogen) atoms. The number of carbonyl (C=O) groups is 1. The predicted octanol–water partition coefficient (Wildman–Crippen LogP) is 1.02. The van der Waals surface area contributed by atoms with Crippen LogP contribution in [-0.4, -0.2) is 42.5 Å². The Kier molecular flexibility index (Phi) is 4.77. The fraction of sp³-hybridized carbons (Fsp3) is 0.917. The van der Waals surface area contributed by atoms with Gasteiger partial charge in [0.05, 0.1) is 17.7 Å². The van der Waals surface area contributed by atoms with Gasteiger partial charge in [-0.25, -0.2) is 4.79 Å². The number of hydrogen-bond acceptors (Lipinski definition) is 3. The maximum Gasteiger partial charge on any atom is 0.315 e. The summed E-state index contributed by atoms with van der Waals surface area (Å²) in [4.78, 5) is 11.7. The van der Waals surface area contributed by atoms with Gasteiger partial charge in [0.2, 0.25) is 0 Å². The molecule has 1 aliphatic rings. The second-order valence-electron chi connectivity index (χ2n) is 5.42. The van der Waals surface area contributed by atoms with E-state index in [-0.39, 0.29) is 18.2 Å². The van der Waals surface area contributed by atoms with E-state index in [2.05, 4.69) is 10.6 Å². The molecule has 1 rings (SSSR count). The molecule has 2 amide bonds. The number of rotatable bonds is 5. The Morgan fingerprint density at radius 2 is 2.00 bits per heavy atom. The second kappa shape index (κ2) is 5.69. The fourth-order valence-corrected chi connectivity index (χ4v) is 2.02. The molecule has 1 aliphatic carbocycles.